The molecule has 2 saturated carbocycles. The minimum Gasteiger partial charge on any atom is -0.349 e. The Balaban J connectivity index is 1.34. The third kappa shape index (κ3) is 3.53. The van der Waals surface area contributed by atoms with Crippen molar-refractivity contribution in [3.63, 3.8) is 0 Å². The molecule has 0 bridgehead atoms. The van der Waals surface area contributed by atoms with Crippen LogP contribution in [0, 0.1) is 40.9 Å². The van der Waals surface area contributed by atoms with Gasteiger partial charge in [-0.1, -0.05) is 0 Å². The Kier molecular flexibility index (Phi) is 5.64. The number of nitrogens with two attached hydrogens (primary N) is 1. The van der Waals surface area contributed by atoms with E-state index in [1.54, 1.807) is 0 Å². The largest absolute Gasteiger partial charge is 0.349 e. The average molecular weight is 404 g/mol. The quantitative estimate of drug-likeness (QED) is 0.719. The summed E-state index contributed by atoms with van der Waals surface area (Å²) in [5.74, 6) is 2.60. The number of nitriles is 1. The molecule has 162 valence electrons. The topological polar surface area (TPSA) is 76.0 Å². The van der Waals surface area contributed by atoms with Crippen LogP contribution in [0.4, 0.5) is 0 Å². The second-order valence-corrected chi connectivity index (χ2v) is 10.8. The van der Waals surface area contributed by atoms with Gasteiger partial charge in [-0.2, -0.15) is 5.26 Å². The lowest BCUT2D eigenvalue weighted by molar-refractivity contribution is -0.970. The molecule has 0 amide bonds. The number of hydrogen-bond acceptors (Lipinski definition) is 5. The summed E-state index contributed by atoms with van der Waals surface area (Å²) in [6, 6.07) is 3.99. The second-order valence-electron chi connectivity index (χ2n) is 10.8. The second kappa shape index (κ2) is 8.09. The lowest BCUT2D eigenvalue weighted by Crippen LogP contribution is -3.24. The van der Waals surface area contributed by atoms with E-state index in [-0.39, 0.29) is 18.2 Å². The molecule has 5 rings (SSSR count). The molecule has 2 aliphatic carbocycles. The molecular weight excluding hydrogens is 364 g/mol. The van der Waals surface area contributed by atoms with Gasteiger partial charge in [0.2, 0.25) is 0 Å². The van der Waals surface area contributed by atoms with E-state index in [1.165, 1.54) is 43.4 Å². The first kappa shape index (κ1) is 20.2. The molecule has 9 atom stereocenters. The molecule has 6 nitrogen and oxygen atoms in total. The van der Waals surface area contributed by atoms with Crippen molar-refractivity contribution >= 4 is 0 Å². The molecule has 9 unspecified atom stereocenters. The number of rotatable bonds is 2. The Morgan fingerprint density at radius 3 is 2.34 bits per heavy atom. The van der Waals surface area contributed by atoms with Crippen LogP contribution in [0.15, 0.2) is 0 Å². The summed E-state index contributed by atoms with van der Waals surface area (Å²) in [6.45, 7) is 1.60. The van der Waals surface area contributed by atoms with Gasteiger partial charge < -0.3 is 19.3 Å². The number of nitrogens with zero attached hydrogens (tertiary/aromatic N) is 2. The van der Waals surface area contributed by atoms with Crippen molar-refractivity contribution in [1.29, 1.82) is 5.26 Å². The van der Waals surface area contributed by atoms with Gasteiger partial charge in [0.1, 0.15) is 12.7 Å². The van der Waals surface area contributed by atoms with Crippen LogP contribution in [0.25, 0.3) is 0 Å². The van der Waals surface area contributed by atoms with Crippen molar-refractivity contribution in [3.8, 4) is 6.07 Å². The van der Waals surface area contributed by atoms with Crippen LogP contribution >= 0.6 is 0 Å². The van der Waals surface area contributed by atoms with Gasteiger partial charge >= 0.3 is 0 Å². The van der Waals surface area contributed by atoms with Crippen LogP contribution in [0.5, 0.6) is 0 Å². The molecule has 3 heterocycles. The van der Waals surface area contributed by atoms with Gasteiger partial charge in [0.15, 0.2) is 6.17 Å². The van der Waals surface area contributed by atoms with Crippen molar-refractivity contribution in [2.45, 2.75) is 81.8 Å². The van der Waals surface area contributed by atoms with Gasteiger partial charge in [-0.3, -0.25) is 5.73 Å². The van der Waals surface area contributed by atoms with Crippen LogP contribution in [-0.4, -0.2) is 62.8 Å². The average Bonchev–Trinajstić information content (AvgIpc) is 3.19. The van der Waals surface area contributed by atoms with Gasteiger partial charge in [-0.05, 0) is 76.8 Å². The molecule has 0 aromatic heterocycles. The Hall–Kier alpha value is -0.710. The molecular formula is C23H39N4O2+. The smallest absolute Gasteiger partial charge is 0.155 e. The van der Waals surface area contributed by atoms with E-state index in [0.29, 0.717) is 42.7 Å². The first-order valence-corrected chi connectivity index (χ1v) is 12.0. The number of hydrogen-bond donors (Lipinski definition) is 2. The molecule has 5 fully saturated rings. The molecule has 29 heavy (non-hydrogen) atoms. The van der Waals surface area contributed by atoms with Gasteiger partial charge in [0, 0.05) is 18.4 Å². The minimum atomic E-state index is -0.0188. The molecule has 5 aliphatic rings. The molecule has 0 radical (unpaired) electrons. The maximum atomic E-state index is 10.1. The number of nitrogens with one attached hydrogen (secondary N) is 1. The number of fused-ring (bicyclic) bond motifs is 4. The van der Waals surface area contributed by atoms with Crippen molar-refractivity contribution in [1.82, 2.24) is 4.90 Å². The van der Waals surface area contributed by atoms with Crippen LogP contribution in [-0.2, 0) is 9.47 Å². The monoisotopic (exact) mass is 403 g/mol. The molecule has 3 saturated heterocycles. The van der Waals surface area contributed by atoms with Crippen LogP contribution in [0.1, 0.15) is 51.4 Å². The Bertz CT molecular complexity index is 629. The summed E-state index contributed by atoms with van der Waals surface area (Å²) in [6.07, 6.45) is 10.4. The third-order valence-electron chi connectivity index (χ3n) is 9.45. The van der Waals surface area contributed by atoms with Crippen LogP contribution in [0.3, 0.4) is 0 Å². The van der Waals surface area contributed by atoms with Gasteiger partial charge in [-0.25, -0.2) is 0 Å². The Morgan fingerprint density at radius 2 is 1.66 bits per heavy atom. The van der Waals surface area contributed by atoms with Gasteiger partial charge in [0.05, 0.1) is 30.9 Å². The highest BCUT2D eigenvalue weighted by atomic mass is 16.7. The fourth-order valence-electron chi connectivity index (χ4n) is 7.82. The molecule has 0 aromatic rings. The van der Waals surface area contributed by atoms with Crippen LogP contribution < -0.4 is 10.6 Å². The van der Waals surface area contributed by atoms with E-state index in [0.717, 1.165) is 25.3 Å². The fourth-order valence-corrected chi connectivity index (χ4v) is 7.82. The normalized spacial score (nSPS) is 52.3. The third-order valence-corrected chi connectivity index (χ3v) is 9.45. The summed E-state index contributed by atoms with van der Waals surface area (Å²) >= 11 is 0. The Labute approximate surface area is 175 Å². The molecule has 3 aliphatic heterocycles. The van der Waals surface area contributed by atoms with Crippen molar-refractivity contribution in [3.05, 3.63) is 0 Å². The van der Waals surface area contributed by atoms with E-state index in [4.69, 9.17) is 15.2 Å². The maximum Gasteiger partial charge on any atom is 0.155 e. The standard InChI is InChI=1S/C23H38N4O2/c1-26(2)16-5-3-14(4-6-16)17-10-20-18-11-22-21(28-13-29-22)9-15(18)7-8-27(20)23(25)19(17)12-24/h14-23H,3-11,13,25H2,1-2H3/p+1. The highest BCUT2D eigenvalue weighted by molar-refractivity contribution is 5.02. The predicted molar refractivity (Wildman–Crippen MR) is 110 cm³/mol. The van der Waals surface area contributed by atoms with Crippen LogP contribution in [0.2, 0.25) is 0 Å². The van der Waals surface area contributed by atoms with Crippen molar-refractivity contribution < 1.29 is 14.4 Å². The first-order valence-electron chi connectivity index (χ1n) is 12.0. The number of quaternary nitrogens is 1. The molecule has 6 heteroatoms. The van der Waals surface area contributed by atoms with Crippen molar-refractivity contribution in [2.75, 3.05) is 27.4 Å². The SMILES string of the molecule is CN(C)C1CCC(C2CC3C4CC5OCOC5CC4CC[NH+]3C(N)C2C#N)CC1. The molecule has 3 N–H and O–H groups in total. The lowest BCUT2D eigenvalue weighted by atomic mass is 9.61. The van der Waals surface area contributed by atoms with Crippen molar-refractivity contribution in [2.24, 2.45) is 35.3 Å². The summed E-state index contributed by atoms with van der Waals surface area (Å²) in [7, 11) is 4.41. The van der Waals surface area contributed by atoms with Gasteiger partial charge in [-0.15, -0.1) is 0 Å². The number of ether oxygens (including phenoxy) is 2. The van der Waals surface area contributed by atoms with E-state index >= 15 is 0 Å². The fraction of sp³-hybridized carbons (Fsp3) is 0.957. The zero-order chi connectivity index (χ0) is 20.1. The zero-order valence-electron chi connectivity index (χ0n) is 18.1. The zero-order valence-corrected chi connectivity index (χ0v) is 18.1. The van der Waals surface area contributed by atoms with E-state index in [9.17, 15) is 5.26 Å². The molecule has 0 spiro atoms. The summed E-state index contributed by atoms with van der Waals surface area (Å²) < 4.78 is 11.8. The van der Waals surface area contributed by atoms with Gasteiger partial charge in [0.25, 0.3) is 0 Å². The lowest BCUT2D eigenvalue weighted by Gasteiger charge is -2.54. The maximum absolute atomic E-state index is 10.1. The Morgan fingerprint density at radius 1 is 0.931 bits per heavy atom. The highest BCUT2D eigenvalue weighted by Crippen LogP contribution is 2.46. The van der Waals surface area contributed by atoms with E-state index in [2.05, 4.69) is 25.1 Å². The highest BCUT2D eigenvalue weighted by Gasteiger charge is 2.56. The minimum absolute atomic E-state index is 0.0149. The predicted octanol–water partition coefficient (Wildman–Crippen LogP) is 0.976. The first-order chi connectivity index (χ1) is 14.1. The molecule has 0 aromatic carbocycles. The van der Waals surface area contributed by atoms with E-state index < -0.39 is 0 Å². The van der Waals surface area contributed by atoms with E-state index in [1.807, 2.05) is 0 Å². The summed E-state index contributed by atoms with van der Waals surface area (Å²) in [4.78, 5) is 3.90. The number of piperidine rings is 2. The summed E-state index contributed by atoms with van der Waals surface area (Å²) in [5.41, 5.74) is 6.82. The summed E-state index contributed by atoms with van der Waals surface area (Å²) in [5, 5.41) is 10.1.